The van der Waals surface area contributed by atoms with E-state index in [1.54, 1.807) is 12.4 Å². The molecule has 0 saturated carbocycles. The number of carbonyl (C=O) groups excluding carboxylic acids is 1. The largest absolute Gasteiger partial charge is 0.366 e. The SMILES string of the molecule is Cc1cccc(CNc2ccc(C(=O)N3CCN(c4ccccn4)CC3)cn2)c1. The van der Waals surface area contributed by atoms with E-state index in [1.807, 2.05) is 35.2 Å². The summed E-state index contributed by atoms with van der Waals surface area (Å²) in [6.45, 7) is 5.72. The number of piperazine rings is 1. The fraction of sp³-hybridized carbons (Fsp3) is 0.261. The van der Waals surface area contributed by atoms with Crippen LogP contribution in [0, 0.1) is 6.92 Å². The van der Waals surface area contributed by atoms with Crippen molar-refractivity contribution in [2.75, 3.05) is 36.4 Å². The summed E-state index contributed by atoms with van der Waals surface area (Å²) in [5.41, 5.74) is 3.07. The van der Waals surface area contributed by atoms with Crippen LogP contribution in [0.1, 0.15) is 21.5 Å². The maximum atomic E-state index is 12.8. The fourth-order valence-electron chi connectivity index (χ4n) is 3.50. The number of aryl methyl sites for hydroxylation is 1. The smallest absolute Gasteiger partial charge is 0.255 e. The summed E-state index contributed by atoms with van der Waals surface area (Å²) in [6.07, 6.45) is 3.46. The minimum absolute atomic E-state index is 0.0309. The molecule has 0 bridgehead atoms. The molecule has 3 aromatic rings. The number of amides is 1. The van der Waals surface area contributed by atoms with Crippen LogP contribution in [0.2, 0.25) is 0 Å². The van der Waals surface area contributed by atoms with E-state index in [2.05, 4.69) is 51.4 Å². The number of rotatable bonds is 5. The van der Waals surface area contributed by atoms with Crippen molar-refractivity contribution in [1.82, 2.24) is 14.9 Å². The van der Waals surface area contributed by atoms with Crippen LogP contribution in [0.15, 0.2) is 67.0 Å². The highest BCUT2D eigenvalue weighted by Gasteiger charge is 2.22. The lowest BCUT2D eigenvalue weighted by Gasteiger charge is -2.35. The summed E-state index contributed by atoms with van der Waals surface area (Å²) < 4.78 is 0. The van der Waals surface area contributed by atoms with Gasteiger partial charge in [0.25, 0.3) is 5.91 Å². The molecule has 1 aromatic carbocycles. The summed E-state index contributed by atoms with van der Waals surface area (Å²) in [6, 6.07) is 18.0. The molecule has 1 amide bonds. The number of nitrogens with zero attached hydrogens (tertiary/aromatic N) is 4. The molecule has 0 radical (unpaired) electrons. The molecule has 148 valence electrons. The topological polar surface area (TPSA) is 61.4 Å². The molecular weight excluding hydrogens is 362 g/mol. The zero-order valence-electron chi connectivity index (χ0n) is 16.6. The van der Waals surface area contributed by atoms with Crippen molar-refractivity contribution < 1.29 is 4.79 Å². The summed E-state index contributed by atoms with van der Waals surface area (Å²) in [4.78, 5) is 25.7. The molecule has 29 heavy (non-hydrogen) atoms. The predicted octanol–water partition coefficient (Wildman–Crippen LogP) is 3.36. The molecule has 1 aliphatic heterocycles. The summed E-state index contributed by atoms with van der Waals surface area (Å²) in [7, 11) is 0. The minimum atomic E-state index is 0.0309. The number of hydrogen-bond acceptors (Lipinski definition) is 5. The molecule has 6 nitrogen and oxygen atoms in total. The lowest BCUT2D eigenvalue weighted by Crippen LogP contribution is -2.49. The van der Waals surface area contributed by atoms with Crippen molar-refractivity contribution in [1.29, 1.82) is 0 Å². The average molecular weight is 387 g/mol. The Bertz CT molecular complexity index is 951. The number of anilines is 2. The number of carbonyl (C=O) groups is 1. The molecule has 2 aromatic heterocycles. The van der Waals surface area contributed by atoms with Crippen molar-refractivity contribution in [3.05, 3.63) is 83.7 Å². The van der Waals surface area contributed by atoms with E-state index in [1.165, 1.54) is 11.1 Å². The second-order valence-corrected chi connectivity index (χ2v) is 7.24. The normalized spacial score (nSPS) is 14.0. The second-order valence-electron chi connectivity index (χ2n) is 7.24. The Hall–Kier alpha value is -3.41. The lowest BCUT2D eigenvalue weighted by molar-refractivity contribution is 0.0746. The third kappa shape index (κ3) is 4.71. The Labute approximate surface area is 171 Å². The first-order chi connectivity index (χ1) is 14.2. The molecule has 0 unspecified atom stereocenters. The number of pyridine rings is 2. The first-order valence-corrected chi connectivity index (χ1v) is 9.90. The highest BCUT2D eigenvalue weighted by Crippen LogP contribution is 2.15. The fourth-order valence-corrected chi connectivity index (χ4v) is 3.50. The van der Waals surface area contributed by atoms with Crippen molar-refractivity contribution in [3.63, 3.8) is 0 Å². The third-order valence-corrected chi connectivity index (χ3v) is 5.11. The first kappa shape index (κ1) is 18.9. The predicted molar refractivity (Wildman–Crippen MR) is 115 cm³/mol. The summed E-state index contributed by atoms with van der Waals surface area (Å²) in [5, 5.41) is 3.31. The first-order valence-electron chi connectivity index (χ1n) is 9.90. The quantitative estimate of drug-likeness (QED) is 0.727. The number of hydrogen-bond donors (Lipinski definition) is 1. The Kier molecular flexibility index (Phi) is 5.70. The Morgan fingerprint density at radius 2 is 1.86 bits per heavy atom. The van der Waals surface area contributed by atoms with Crippen LogP contribution >= 0.6 is 0 Å². The van der Waals surface area contributed by atoms with E-state index in [-0.39, 0.29) is 5.91 Å². The number of aromatic nitrogens is 2. The van der Waals surface area contributed by atoms with Crippen molar-refractivity contribution in [3.8, 4) is 0 Å². The van der Waals surface area contributed by atoms with Gasteiger partial charge < -0.3 is 15.1 Å². The van der Waals surface area contributed by atoms with Gasteiger partial charge in [-0.05, 0) is 36.8 Å². The van der Waals surface area contributed by atoms with Gasteiger partial charge in [0.1, 0.15) is 11.6 Å². The van der Waals surface area contributed by atoms with Gasteiger partial charge in [-0.25, -0.2) is 9.97 Å². The Morgan fingerprint density at radius 3 is 2.55 bits per heavy atom. The van der Waals surface area contributed by atoms with Gasteiger partial charge in [0.2, 0.25) is 0 Å². The van der Waals surface area contributed by atoms with Crippen LogP contribution in [-0.4, -0.2) is 47.0 Å². The zero-order chi connectivity index (χ0) is 20.1. The Morgan fingerprint density at radius 1 is 1.00 bits per heavy atom. The lowest BCUT2D eigenvalue weighted by atomic mass is 10.1. The molecule has 1 fully saturated rings. The zero-order valence-corrected chi connectivity index (χ0v) is 16.6. The van der Waals surface area contributed by atoms with Gasteiger partial charge in [-0.2, -0.15) is 0 Å². The molecule has 0 spiro atoms. The monoisotopic (exact) mass is 387 g/mol. The van der Waals surface area contributed by atoms with Gasteiger partial charge in [0.05, 0.1) is 5.56 Å². The molecule has 0 atom stereocenters. The van der Waals surface area contributed by atoms with E-state index in [0.29, 0.717) is 25.2 Å². The van der Waals surface area contributed by atoms with E-state index < -0.39 is 0 Å². The maximum absolute atomic E-state index is 12.8. The number of nitrogens with one attached hydrogen (secondary N) is 1. The minimum Gasteiger partial charge on any atom is -0.366 e. The standard InChI is InChI=1S/C23H25N5O/c1-18-5-4-6-19(15-18)16-25-21-9-8-20(17-26-21)23(29)28-13-11-27(12-14-28)22-7-2-3-10-24-22/h2-10,15,17H,11-14,16H2,1H3,(H,25,26). The van der Waals surface area contributed by atoms with Gasteiger partial charge in [0.15, 0.2) is 0 Å². The van der Waals surface area contributed by atoms with Crippen LogP contribution in [0.5, 0.6) is 0 Å². The van der Waals surface area contributed by atoms with E-state index >= 15 is 0 Å². The van der Waals surface area contributed by atoms with Gasteiger partial charge >= 0.3 is 0 Å². The summed E-state index contributed by atoms with van der Waals surface area (Å²) >= 11 is 0. The number of benzene rings is 1. The van der Waals surface area contributed by atoms with Crippen LogP contribution in [0.3, 0.4) is 0 Å². The molecule has 1 saturated heterocycles. The van der Waals surface area contributed by atoms with E-state index in [0.717, 1.165) is 24.7 Å². The molecule has 4 rings (SSSR count). The van der Waals surface area contributed by atoms with E-state index in [4.69, 9.17) is 0 Å². The van der Waals surface area contributed by atoms with Crippen LogP contribution < -0.4 is 10.2 Å². The van der Waals surface area contributed by atoms with Gasteiger partial charge in [-0.3, -0.25) is 4.79 Å². The van der Waals surface area contributed by atoms with Gasteiger partial charge in [-0.1, -0.05) is 35.9 Å². The Balaban J connectivity index is 1.31. The van der Waals surface area contributed by atoms with Gasteiger partial charge in [0, 0.05) is 45.1 Å². The summed E-state index contributed by atoms with van der Waals surface area (Å²) in [5.74, 6) is 1.76. The molecular formula is C23H25N5O. The second kappa shape index (κ2) is 8.73. The van der Waals surface area contributed by atoms with Gasteiger partial charge in [-0.15, -0.1) is 0 Å². The van der Waals surface area contributed by atoms with Crippen LogP contribution in [0.25, 0.3) is 0 Å². The molecule has 1 aliphatic rings. The molecule has 0 aliphatic carbocycles. The van der Waals surface area contributed by atoms with Crippen molar-refractivity contribution in [2.45, 2.75) is 13.5 Å². The third-order valence-electron chi connectivity index (χ3n) is 5.11. The molecule has 3 heterocycles. The van der Waals surface area contributed by atoms with Crippen molar-refractivity contribution in [2.24, 2.45) is 0 Å². The highest BCUT2D eigenvalue weighted by atomic mass is 16.2. The van der Waals surface area contributed by atoms with Crippen LogP contribution in [0.4, 0.5) is 11.6 Å². The molecule has 1 N–H and O–H groups in total. The van der Waals surface area contributed by atoms with E-state index in [9.17, 15) is 4.79 Å². The van der Waals surface area contributed by atoms with Crippen molar-refractivity contribution >= 4 is 17.5 Å². The molecule has 6 heteroatoms. The highest BCUT2D eigenvalue weighted by molar-refractivity contribution is 5.94. The van der Waals surface area contributed by atoms with Crippen LogP contribution in [-0.2, 0) is 6.54 Å². The average Bonchev–Trinajstić information content (AvgIpc) is 2.78. The maximum Gasteiger partial charge on any atom is 0.255 e.